The fourth-order valence-corrected chi connectivity index (χ4v) is 3.30. The highest BCUT2D eigenvalue weighted by Crippen LogP contribution is 2.22. The largest absolute Gasteiger partial charge is 0.480 e. The number of likely N-dealkylation sites (tertiary alicyclic amines) is 1. The van der Waals surface area contributed by atoms with Crippen LogP contribution < -0.4 is 5.32 Å². The summed E-state index contributed by atoms with van der Waals surface area (Å²) in [5.74, 6) is 0.632. The molecule has 0 radical (unpaired) electrons. The van der Waals surface area contributed by atoms with E-state index in [0.717, 1.165) is 12.3 Å². The first-order valence-electron chi connectivity index (χ1n) is 6.00. The number of amides is 1. The van der Waals surface area contributed by atoms with Crippen LogP contribution in [0.3, 0.4) is 0 Å². The molecule has 0 aromatic carbocycles. The van der Waals surface area contributed by atoms with E-state index in [1.807, 2.05) is 0 Å². The number of rotatable bonds is 3. The van der Waals surface area contributed by atoms with Gasteiger partial charge in [0.05, 0.1) is 12.1 Å². The zero-order valence-corrected chi connectivity index (χ0v) is 11.1. The smallest absolute Gasteiger partial charge is 0.326 e. The third-order valence-corrected chi connectivity index (χ3v) is 4.45. The fourth-order valence-electron chi connectivity index (χ4n) is 2.37. The van der Waals surface area contributed by atoms with Gasteiger partial charge in [0.15, 0.2) is 0 Å². The van der Waals surface area contributed by atoms with Crippen molar-refractivity contribution < 1.29 is 19.4 Å². The summed E-state index contributed by atoms with van der Waals surface area (Å²) >= 11 is 1.72. The summed E-state index contributed by atoms with van der Waals surface area (Å²) in [4.78, 5) is 24.9. The summed E-state index contributed by atoms with van der Waals surface area (Å²) in [6, 6.07) is -1.02. The minimum absolute atomic E-state index is 0.117. The zero-order valence-electron chi connectivity index (χ0n) is 10.3. The Hall–Kier alpha value is -0.790. The number of nitrogens with one attached hydrogen (secondary N) is 1. The van der Waals surface area contributed by atoms with Gasteiger partial charge in [0, 0.05) is 38.1 Å². The number of hydrogen-bond acceptors (Lipinski definition) is 5. The van der Waals surface area contributed by atoms with E-state index in [-0.39, 0.29) is 18.1 Å². The van der Waals surface area contributed by atoms with Crippen LogP contribution in [-0.2, 0) is 14.3 Å². The molecule has 1 amide bonds. The van der Waals surface area contributed by atoms with Gasteiger partial charge in [-0.2, -0.15) is 11.8 Å². The molecule has 6 nitrogen and oxygen atoms in total. The van der Waals surface area contributed by atoms with Crippen LogP contribution in [0.25, 0.3) is 0 Å². The topological polar surface area (TPSA) is 78.9 Å². The molecule has 18 heavy (non-hydrogen) atoms. The van der Waals surface area contributed by atoms with Crippen molar-refractivity contribution in [2.75, 3.05) is 31.7 Å². The van der Waals surface area contributed by atoms with Crippen LogP contribution in [-0.4, -0.2) is 71.8 Å². The van der Waals surface area contributed by atoms with Crippen molar-refractivity contribution >= 4 is 23.6 Å². The minimum atomic E-state index is -0.952. The van der Waals surface area contributed by atoms with Gasteiger partial charge >= 0.3 is 5.97 Å². The summed E-state index contributed by atoms with van der Waals surface area (Å²) in [7, 11) is 1.55. The average molecular weight is 274 g/mol. The summed E-state index contributed by atoms with van der Waals surface area (Å²) in [6.45, 7) is 1.16. The van der Waals surface area contributed by atoms with Gasteiger partial charge in [-0.15, -0.1) is 0 Å². The first-order chi connectivity index (χ1) is 8.63. The maximum atomic E-state index is 12.3. The Bertz CT molecular complexity index is 333. The lowest BCUT2D eigenvalue weighted by molar-refractivity contribution is -0.148. The maximum absolute atomic E-state index is 12.3. The van der Waals surface area contributed by atoms with E-state index in [9.17, 15) is 9.59 Å². The number of ether oxygens (including phenoxy) is 1. The lowest BCUT2D eigenvalue weighted by Gasteiger charge is -2.29. The third kappa shape index (κ3) is 2.78. The van der Waals surface area contributed by atoms with E-state index in [2.05, 4.69) is 5.32 Å². The van der Waals surface area contributed by atoms with Gasteiger partial charge in [-0.25, -0.2) is 4.79 Å². The predicted molar refractivity (Wildman–Crippen MR) is 67.7 cm³/mol. The van der Waals surface area contributed by atoms with Crippen LogP contribution in [0, 0.1) is 0 Å². The Morgan fingerprint density at radius 2 is 2.28 bits per heavy atom. The SMILES string of the molecule is COC1CC(C(=O)O)N(C(=O)C2CSCCN2)C1. The van der Waals surface area contributed by atoms with Crippen molar-refractivity contribution in [3.05, 3.63) is 0 Å². The minimum Gasteiger partial charge on any atom is -0.480 e. The molecule has 0 aromatic rings. The van der Waals surface area contributed by atoms with Gasteiger partial charge in [-0.05, 0) is 0 Å². The van der Waals surface area contributed by atoms with E-state index in [4.69, 9.17) is 9.84 Å². The molecule has 3 atom stereocenters. The standard InChI is InChI=1S/C11H18N2O4S/c1-17-7-4-9(11(15)16)13(5-7)10(14)8-6-18-3-2-12-8/h7-9,12H,2-6H2,1H3,(H,15,16). The van der Waals surface area contributed by atoms with Crippen LogP contribution in [0.1, 0.15) is 6.42 Å². The lowest BCUT2D eigenvalue weighted by Crippen LogP contribution is -2.53. The number of nitrogens with zero attached hydrogens (tertiary/aromatic N) is 1. The van der Waals surface area contributed by atoms with Gasteiger partial charge in [-0.1, -0.05) is 0 Å². The van der Waals surface area contributed by atoms with E-state index < -0.39 is 12.0 Å². The molecule has 0 bridgehead atoms. The highest BCUT2D eigenvalue weighted by molar-refractivity contribution is 7.99. The van der Waals surface area contributed by atoms with E-state index in [0.29, 0.717) is 18.7 Å². The molecule has 2 fully saturated rings. The number of methoxy groups -OCH3 is 1. The van der Waals surface area contributed by atoms with Crippen molar-refractivity contribution in [3.63, 3.8) is 0 Å². The van der Waals surface area contributed by atoms with E-state index in [1.165, 1.54) is 4.90 Å². The normalized spacial score (nSPS) is 32.5. The number of carbonyl (C=O) groups excluding carboxylic acids is 1. The Kier molecular flexibility index (Phi) is 4.47. The third-order valence-electron chi connectivity index (χ3n) is 3.38. The molecule has 7 heteroatoms. The second kappa shape index (κ2) is 5.90. The van der Waals surface area contributed by atoms with Gasteiger partial charge in [0.2, 0.25) is 5.91 Å². The zero-order chi connectivity index (χ0) is 13.1. The highest BCUT2D eigenvalue weighted by atomic mass is 32.2. The molecule has 3 unspecified atom stereocenters. The molecular weight excluding hydrogens is 256 g/mol. The van der Waals surface area contributed by atoms with Crippen LogP contribution in [0.4, 0.5) is 0 Å². The quantitative estimate of drug-likeness (QED) is 0.715. The van der Waals surface area contributed by atoms with Crippen molar-refractivity contribution in [1.29, 1.82) is 0 Å². The molecule has 2 aliphatic rings. The molecule has 0 aromatic heterocycles. The lowest BCUT2D eigenvalue weighted by atomic mass is 10.2. The number of thioether (sulfide) groups is 1. The molecule has 0 saturated carbocycles. The van der Waals surface area contributed by atoms with Crippen molar-refractivity contribution in [1.82, 2.24) is 10.2 Å². The van der Waals surface area contributed by atoms with Gasteiger partial charge in [-0.3, -0.25) is 4.79 Å². The second-order valence-electron chi connectivity index (χ2n) is 4.52. The Labute approximate surface area is 110 Å². The molecule has 2 heterocycles. The second-order valence-corrected chi connectivity index (χ2v) is 5.67. The Morgan fingerprint density at radius 3 is 2.83 bits per heavy atom. The van der Waals surface area contributed by atoms with E-state index >= 15 is 0 Å². The number of carboxylic acid groups (broad SMARTS) is 1. The number of carbonyl (C=O) groups is 2. The molecule has 0 aliphatic carbocycles. The van der Waals surface area contributed by atoms with Gasteiger partial charge in [0.25, 0.3) is 0 Å². The van der Waals surface area contributed by atoms with Crippen molar-refractivity contribution in [2.24, 2.45) is 0 Å². The molecule has 2 saturated heterocycles. The van der Waals surface area contributed by atoms with Crippen molar-refractivity contribution in [3.8, 4) is 0 Å². The molecule has 0 spiro atoms. The number of hydrogen-bond donors (Lipinski definition) is 2. The monoisotopic (exact) mass is 274 g/mol. The molecule has 2 N–H and O–H groups in total. The first-order valence-corrected chi connectivity index (χ1v) is 7.16. The number of aliphatic carboxylic acids is 1. The Morgan fingerprint density at radius 1 is 1.50 bits per heavy atom. The fraction of sp³-hybridized carbons (Fsp3) is 0.818. The van der Waals surface area contributed by atoms with Crippen LogP contribution in [0.5, 0.6) is 0 Å². The molecular formula is C11H18N2O4S. The summed E-state index contributed by atoms with van der Waals surface area (Å²) in [5, 5.41) is 12.3. The van der Waals surface area contributed by atoms with Crippen LogP contribution in [0.15, 0.2) is 0 Å². The van der Waals surface area contributed by atoms with E-state index in [1.54, 1.807) is 18.9 Å². The average Bonchev–Trinajstić information content (AvgIpc) is 2.83. The summed E-state index contributed by atoms with van der Waals surface area (Å²) < 4.78 is 5.18. The van der Waals surface area contributed by atoms with Gasteiger partial charge < -0.3 is 20.1 Å². The molecule has 2 rings (SSSR count). The predicted octanol–water partition coefficient (Wildman–Crippen LogP) is -0.608. The number of carboxylic acids is 1. The van der Waals surface area contributed by atoms with Crippen LogP contribution >= 0.6 is 11.8 Å². The van der Waals surface area contributed by atoms with Crippen LogP contribution in [0.2, 0.25) is 0 Å². The maximum Gasteiger partial charge on any atom is 0.326 e. The highest BCUT2D eigenvalue weighted by Gasteiger charge is 2.42. The Balaban J connectivity index is 2.04. The molecule has 102 valence electrons. The molecule has 2 aliphatic heterocycles. The first kappa shape index (κ1) is 13.6. The van der Waals surface area contributed by atoms with Gasteiger partial charge in [0.1, 0.15) is 6.04 Å². The summed E-state index contributed by atoms with van der Waals surface area (Å²) in [6.07, 6.45) is 0.198. The summed E-state index contributed by atoms with van der Waals surface area (Å²) in [5.41, 5.74) is 0. The van der Waals surface area contributed by atoms with Crippen molar-refractivity contribution in [2.45, 2.75) is 24.6 Å².